The summed E-state index contributed by atoms with van der Waals surface area (Å²) >= 11 is 7.48. The van der Waals surface area contributed by atoms with Crippen molar-refractivity contribution in [2.75, 3.05) is 12.4 Å². The van der Waals surface area contributed by atoms with Crippen LogP contribution in [0.4, 0.5) is 0 Å². The third kappa shape index (κ3) is 4.85. The van der Waals surface area contributed by atoms with Gasteiger partial charge in [-0.2, -0.15) is 0 Å². The van der Waals surface area contributed by atoms with Crippen molar-refractivity contribution in [3.05, 3.63) is 47.0 Å². The average molecular weight is 312 g/mol. The van der Waals surface area contributed by atoms with E-state index in [-0.39, 0.29) is 24.5 Å². The van der Waals surface area contributed by atoms with Crippen molar-refractivity contribution >= 4 is 29.3 Å². The Hall–Kier alpha value is -0.970. The quantitative estimate of drug-likeness (QED) is 0.794. The zero-order valence-electron chi connectivity index (χ0n) is 11.1. The molecule has 108 valence electrons. The van der Waals surface area contributed by atoms with E-state index in [9.17, 15) is 4.79 Å². The van der Waals surface area contributed by atoms with Crippen molar-refractivity contribution in [2.45, 2.75) is 18.2 Å². The first kappa shape index (κ1) is 15.4. The van der Waals surface area contributed by atoms with Gasteiger partial charge in [-0.1, -0.05) is 35.9 Å². The van der Waals surface area contributed by atoms with Gasteiger partial charge in [0.15, 0.2) is 0 Å². The largest absolute Gasteiger partial charge is 0.396 e. The maximum absolute atomic E-state index is 11.8. The Kier molecular flexibility index (Phi) is 5.95. The normalized spacial score (nSPS) is 21.1. The van der Waals surface area contributed by atoms with Crippen LogP contribution in [0.2, 0.25) is 5.02 Å². The van der Waals surface area contributed by atoms with Crippen LogP contribution in [0.3, 0.4) is 0 Å². The lowest BCUT2D eigenvalue weighted by molar-refractivity contribution is -0.119. The molecular weight excluding hydrogens is 294 g/mol. The van der Waals surface area contributed by atoms with E-state index in [0.29, 0.717) is 5.75 Å². The number of rotatable bonds is 6. The van der Waals surface area contributed by atoms with Gasteiger partial charge in [-0.15, -0.1) is 11.8 Å². The molecular formula is C15H18ClNO2S. The molecule has 1 amide bonds. The molecule has 1 aliphatic rings. The monoisotopic (exact) mass is 311 g/mol. The van der Waals surface area contributed by atoms with Crippen LogP contribution in [-0.4, -0.2) is 29.4 Å². The van der Waals surface area contributed by atoms with Crippen LogP contribution in [0.1, 0.15) is 12.0 Å². The standard InChI is InChI=1S/C15H18ClNO2S/c16-13-3-1-2-12(6-13)9-20-10-15(19)17-14-5-4-11(7-14)8-18/h1-6,11,14,18H,7-10H2,(H,17,19)/t11-,14+/m0/s1. The Morgan fingerprint density at radius 1 is 1.45 bits per heavy atom. The molecule has 20 heavy (non-hydrogen) atoms. The lowest BCUT2D eigenvalue weighted by Crippen LogP contribution is -2.34. The number of aliphatic hydroxyl groups excluding tert-OH is 1. The summed E-state index contributed by atoms with van der Waals surface area (Å²) in [5, 5.41) is 12.7. The molecule has 0 saturated heterocycles. The Labute approximate surface area is 128 Å². The minimum absolute atomic E-state index is 0.0327. The summed E-state index contributed by atoms with van der Waals surface area (Å²) in [6.07, 6.45) is 4.71. The van der Waals surface area contributed by atoms with E-state index in [1.165, 1.54) is 0 Å². The predicted molar refractivity (Wildman–Crippen MR) is 83.9 cm³/mol. The topological polar surface area (TPSA) is 49.3 Å². The van der Waals surface area contributed by atoms with E-state index >= 15 is 0 Å². The Bertz CT molecular complexity index is 493. The van der Waals surface area contributed by atoms with Gasteiger partial charge in [0.25, 0.3) is 0 Å². The molecule has 1 aromatic rings. The second kappa shape index (κ2) is 7.72. The number of hydrogen-bond acceptors (Lipinski definition) is 3. The van der Waals surface area contributed by atoms with E-state index in [1.807, 2.05) is 36.4 Å². The summed E-state index contributed by atoms with van der Waals surface area (Å²) in [4.78, 5) is 11.8. The molecule has 2 rings (SSSR count). The Morgan fingerprint density at radius 2 is 2.30 bits per heavy atom. The van der Waals surface area contributed by atoms with Crippen molar-refractivity contribution < 1.29 is 9.90 Å². The first-order chi connectivity index (χ1) is 9.67. The molecule has 0 heterocycles. The molecule has 0 unspecified atom stereocenters. The van der Waals surface area contributed by atoms with Crippen molar-refractivity contribution in [1.29, 1.82) is 0 Å². The number of amides is 1. The van der Waals surface area contributed by atoms with Crippen LogP contribution in [0, 0.1) is 5.92 Å². The molecule has 0 aliphatic heterocycles. The third-order valence-corrected chi connectivity index (χ3v) is 4.38. The molecule has 1 aromatic carbocycles. The molecule has 0 spiro atoms. The minimum atomic E-state index is 0.0327. The van der Waals surface area contributed by atoms with E-state index in [0.717, 1.165) is 22.8 Å². The van der Waals surface area contributed by atoms with Crippen LogP contribution in [0.25, 0.3) is 0 Å². The molecule has 2 N–H and O–H groups in total. The molecule has 0 radical (unpaired) electrons. The molecule has 1 aliphatic carbocycles. The number of aliphatic hydroxyl groups is 1. The number of carbonyl (C=O) groups excluding carboxylic acids is 1. The van der Waals surface area contributed by atoms with Gasteiger partial charge in [-0.3, -0.25) is 4.79 Å². The maximum atomic E-state index is 11.8. The van der Waals surface area contributed by atoms with Crippen molar-refractivity contribution in [3.8, 4) is 0 Å². The van der Waals surface area contributed by atoms with Gasteiger partial charge >= 0.3 is 0 Å². The fourth-order valence-electron chi connectivity index (χ4n) is 2.15. The fraction of sp³-hybridized carbons (Fsp3) is 0.400. The molecule has 0 fully saturated rings. The number of benzene rings is 1. The van der Waals surface area contributed by atoms with Crippen LogP contribution >= 0.6 is 23.4 Å². The van der Waals surface area contributed by atoms with Crippen molar-refractivity contribution in [3.63, 3.8) is 0 Å². The predicted octanol–water partition coefficient (Wildman–Crippen LogP) is 2.63. The molecule has 0 saturated carbocycles. The molecule has 3 nitrogen and oxygen atoms in total. The van der Waals surface area contributed by atoms with Gasteiger partial charge in [0.2, 0.25) is 5.91 Å². The van der Waals surface area contributed by atoms with E-state index in [2.05, 4.69) is 5.32 Å². The lowest BCUT2D eigenvalue weighted by atomic mass is 10.1. The summed E-state index contributed by atoms with van der Waals surface area (Å²) in [6, 6.07) is 7.73. The maximum Gasteiger partial charge on any atom is 0.230 e. The molecule has 0 bridgehead atoms. The van der Waals surface area contributed by atoms with E-state index in [4.69, 9.17) is 16.7 Å². The highest BCUT2D eigenvalue weighted by Gasteiger charge is 2.19. The smallest absolute Gasteiger partial charge is 0.230 e. The summed E-state index contributed by atoms with van der Waals surface area (Å²) in [7, 11) is 0. The summed E-state index contributed by atoms with van der Waals surface area (Å²) in [6.45, 7) is 0.145. The average Bonchev–Trinajstić information content (AvgIpc) is 2.86. The van der Waals surface area contributed by atoms with E-state index < -0.39 is 0 Å². The Morgan fingerprint density at radius 3 is 3.00 bits per heavy atom. The second-order valence-corrected chi connectivity index (χ2v) is 6.28. The minimum Gasteiger partial charge on any atom is -0.396 e. The summed E-state index contributed by atoms with van der Waals surface area (Å²) < 4.78 is 0. The number of carbonyl (C=O) groups is 1. The van der Waals surface area contributed by atoms with Crippen LogP contribution in [0.15, 0.2) is 36.4 Å². The van der Waals surface area contributed by atoms with Gasteiger partial charge < -0.3 is 10.4 Å². The van der Waals surface area contributed by atoms with Crippen LogP contribution < -0.4 is 5.32 Å². The molecule has 0 aromatic heterocycles. The second-order valence-electron chi connectivity index (χ2n) is 4.86. The van der Waals surface area contributed by atoms with E-state index in [1.54, 1.807) is 11.8 Å². The number of nitrogens with one attached hydrogen (secondary N) is 1. The van der Waals surface area contributed by atoms with Crippen LogP contribution in [0.5, 0.6) is 0 Å². The van der Waals surface area contributed by atoms with Gasteiger partial charge in [-0.25, -0.2) is 0 Å². The van der Waals surface area contributed by atoms with Gasteiger partial charge in [0.05, 0.1) is 5.75 Å². The third-order valence-electron chi connectivity index (χ3n) is 3.14. The SMILES string of the molecule is O=C(CSCc1cccc(Cl)c1)N[C@@H]1C=C[C@H](CO)C1. The van der Waals surface area contributed by atoms with Crippen LogP contribution in [-0.2, 0) is 10.5 Å². The van der Waals surface area contributed by atoms with Crippen molar-refractivity contribution in [1.82, 2.24) is 5.32 Å². The number of thioether (sulfide) groups is 1. The zero-order valence-corrected chi connectivity index (χ0v) is 12.7. The summed E-state index contributed by atoms with van der Waals surface area (Å²) in [5.74, 6) is 1.42. The fourth-order valence-corrected chi connectivity index (χ4v) is 3.15. The molecule has 2 atom stereocenters. The lowest BCUT2D eigenvalue weighted by Gasteiger charge is -2.12. The van der Waals surface area contributed by atoms with Gasteiger partial charge in [0, 0.05) is 29.3 Å². The Balaban J connectivity index is 1.67. The highest BCUT2D eigenvalue weighted by Crippen LogP contribution is 2.18. The highest BCUT2D eigenvalue weighted by molar-refractivity contribution is 7.99. The number of hydrogen-bond donors (Lipinski definition) is 2. The zero-order chi connectivity index (χ0) is 14.4. The summed E-state index contributed by atoms with van der Waals surface area (Å²) in [5.41, 5.74) is 1.12. The first-order valence-electron chi connectivity index (χ1n) is 6.58. The highest BCUT2D eigenvalue weighted by atomic mass is 35.5. The molecule has 5 heteroatoms. The van der Waals surface area contributed by atoms with Gasteiger partial charge in [-0.05, 0) is 24.1 Å². The number of halogens is 1. The first-order valence-corrected chi connectivity index (χ1v) is 8.11. The van der Waals surface area contributed by atoms with Gasteiger partial charge in [0.1, 0.15) is 0 Å². The van der Waals surface area contributed by atoms with Crippen molar-refractivity contribution in [2.24, 2.45) is 5.92 Å².